The number of carbonyl (C=O) groups is 4. The van der Waals surface area contributed by atoms with Crippen LogP contribution in [0.25, 0.3) is 0 Å². The summed E-state index contributed by atoms with van der Waals surface area (Å²) in [5, 5.41) is 21.4. The van der Waals surface area contributed by atoms with E-state index in [9.17, 15) is 9.59 Å². The fraction of sp³-hybridized carbons (Fsp3) is 0.852. The molecule has 0 atom stereocenters. The fourth-order valence-corrected chi connectivity index (χ4v) is 0. The molecule has 0 rings (SSSR count). The highest BCUT2D eigenvalue weighted by atomic mass is 16.5. The number of rotatable bonds is 3. The van der Waals surface area contributed by atoms with Crippen LogP contribution in [0, 0.1) is 0 Å². The maximum absolute atomic E-state index is 9.59. The van der Waals surface area contributed by atoms with Gasteiger partial charge < -0.3 is 43.8 Å². The highest BCUT2D eigenvalue weighted by molar-refractivity contribution is 5.72. The number of aliphatic hydroxyl groups excluding tert-OH is 2. The van der Waals surface area contributed by atoms with Gasteiger partial charge in [0.05, 0.1) is 14.2 Å². The van der Waals surface area contributed by atoms with Gasteiger partial charge in [-0.15, -0.1) is 0 Å². The van der Waals surface area contributed by atoms with Crippen LogP contribution >= 0.6 is 0 Å². The van der Waals surface area contributed by atoms with Gasteiger partial charge in [-0.1, -0.05) is 50.0 Å². The molecule has 12 nitrogen and oxygen atoms in total. The zero-order chi connectivity index (χ0) is 32.4. The van der Waals surface area contributed by atoms with Crippen molar-refractivity contribution in [1.29, 1.82) is 0 Å². The normalized spacial score (nSPS) is 5.33. The van der Waals surface area contributed by atoms with Crippen LogP contribution in [-0.2, 0) is 42.9 Å². The molecule has 0 fully saturated rings. The number of ketones is 1. The van der Waals surface area contributed by atoms with Crippen molar-refractivity contribution in [3.63, 3.8) is 0 Å². The average molecular weight is 595 g/mol. The van der Waals surface area contributed by atoms with Crippen molar-refractivity contribution in [3.8, 4) is 0 Å². The quantitative estimate of drug-likeness (QED) is 0.261. The van der Waals surface area contributed by atoms with Crippen molar-refractivity contribution in [3.05, 3.63) is 0 Å². The number of carboxylic acid groups (broad SMARTS) is 1. The molecule has 0 saturated carbocycles. The SMILES string of the molecule is C.C.C.CC.CC.CC(=O)O.CC(C)=O.CCOC.CCOC.CO.CO.COC.COC(C)=O.COC=O.[HH].[HH]. The predicted molar refractivity (Wildman–Crippen MR) is 172 cm³/mol. The first kappa shape index (κ1) is 90.7. The summed E-state index contributed by atoms with van der Waals surface area (Å²) in [5.74, 6) is -0.912. The van der Waals surface area contributed by atoms with Crippen LogP contribution in [0.15, 0.2) is 0 Å². The van der Waals surface area contributed by atoms with Crippen LogP contribution in [0.3, 0.4) is 0 Å². The summed E-state index contributed by atoms with van der Waals surface area (Å²) in [4.78, 5) is 37.0. The third kappa shape index (κ3) is 4970. The topological polar surface area (TPSA) is 175 Å². The van der Waals surface area contributed by atoms with E-state index in [1.54, 1.807) is 28.4 Å². The first-order valence-electron chi connectivity index (χ1n) is 10.8. The molecule has 0 spiro atoms. The number of carboxylic acids is 1. The number of esters is 1. The Bertz CT molecular complexity index is 273. The Hall–Kier alpha value is -2.12. The number of carbonyl (C=O) groups excluding carboxylic acids is 3. The van der Waals surface area contributed by atoms with E-state index in [4.69, 9.17) is 24.9 Å². The number of aliphatic carboxylic acids is 1. The highest BCUT2D eigenvalue weighted by Gasteiger charge is 1.75. The third-order valence-electron chi connectivity index (χ3n) is 0.961. The fourth-order valence-electron chi connectivity index (χ4n) is 0. The molecule has 39 heavy (non-hydrogen) atoms. The minimum Gasteiger partial charge on any atom is -0.481 e. The number of hydrogen-bond acceptors (Lipinski definition) is 11. The van der Waals surface area contributed by atoms with E-state index in [0.717, 1.165) is 34.4 Å². The van der Waals surface area contributed by atoms with E-state index in [1.807, 2.05) is 41.5 Å². The lowest BCUT2D eigenvalue weighted by atomic mass is 10.6. The molecule has 258 valence electrons. The van der Waals surface area contributed by atoms with Gasteiger partial charge in [0.1, 0.15) is 5.78 Å². The number of methoxy groups -OCH3 is 5. The summed E-state index contributed by atoms with van der Waals surface area (Å²) < 4.78 is 21.3. The molecule has 0 bridgehead atoms. The van der Waals surface area contributed by atoms with Gasteiger partial charge in [-0.25, -0.2) is 0 Å². The molecule has 0 aromatic heterocycles. The minimum atomic E-state index is -0.833. The van der Waals surface area contributed by atoms with Crippen LogP contribution in [0.1, 0.15) is 94.4 Å². The second kappa shape index (κ2) is 197. The first-order chi connectivity index (χ1) is 16.9. The molecule has 0 saturated heterocycles. The Kier molecular flexibility index (Phi) is 458. The lowest BCUT2D eigenvalue weighted by Crippen LogP contribution is -1.88. The second-order valence-corrected chi connectivity index (χ2v) is 4.02. The zero-order valence-corrected chi connectivity index (χ0v) is 26.5. The van der Waals surface area contributed by atoms with E-state index in [0.29, 0.717) is 6.47 Å². The van der Waals surface area contributed by atoms with Crippen LogP contribution in [0.4, 0.5) is 0 Å². The van der Waals surface area contributed by atoms with Crippen molar-refractivity contribution < 1.29 is 61.0 Å². The predicted octanol–water partition coefficient (Wildman–Crippen LogP) is 5.89. The van der Waals surface area contributed by atoms with Gasteiger partial charge in [-0.3, -0.25) is 14.4 Å². The molecular formula is C27H78O12. The Labute approximate surface area is 247 Å². The van der Waals surface area contributed by atoms with E-state index < -0.39 is 5.97 Å². The van der Waals surface area contributed by atoms with Crippen LogP contribution in [0.5, 0.6) is 0 Å². The minimum absolute atomic E-state index is 0. The summed E-state index contributed by atoms with van der Waals surface area (Å²) in [6, 6.07) is 0. The lowest BCUT2D eigenvalue weighted by molar-refractivity contribution is -0.138. The average Bonchev–Trinajstić information content (AvgIpc) is 2.89. The number of hydrogen-bond donors (Lipinski definition) is 3. The Morgan fingerprint density at radius 3 is 0.744 bits per heavy atom. The van der Waals surface area contributed by atoms with E-state index >= 15 is 0 Å². The van der Waals surface area contributed by atoms with Crippen molar-refractivity contribution >= 4 is 24.2 Å². The summed E-state index contributed by atoms with van der Waals surface area (Å²) in [7, 11) is 11.3. The van der Waals surface area contributed by atoms with Crippen molar-refractivity contribution in [1.82, 2.24) is 0 Å². The summed E-state index contributed by atoms with van der Waals surface area (Å²) in [6.45, 7) is 19.4. The second-order valence-electron chi connectivity index (χ2n) is 4.02. The molecule has 0 aliphatic heterocycles. The molecule has 0 unspecified atom stereocenters. The van der Waals surface area contributed by atoms with Gasteiger partial charge >= 0.3 is 5.97 Å². The third-order valence-corrected chi connectivity index (χ3v) is 0.961. The summed E-state index contributed by atoms with van der Waals surface area (Å²) in [5.41, 5.74) is 0. The number of ether oxygens (including phenoxy) is 5. The van der Waals surface area contributed by atoms with Crippen LogP contribution < -0.4 is 0 Å². The molecule has 0 heterocycles. The molecule has 12 heteroatoms. The zero-order valence-electron chi connectivity index (χ0n) is 26.5. The Morgan fingerprint density at radius 2 is 0.744 bits per heavy atom. The van der Waals surface area contributed by atoms with E-state index in [1.165, 1.54) is 35.0 Å². The number of Topliss-reactive ketones (excluding diaryl/α,β-unsaturated/α-hetero) is 1. The van der Waals surface area contributed by atoms with Crippen LogP contribution in [0.2, 0.25) is 0 Å². The summed E-state index contributed by atoms with van der Waals surface area (Å²) >= 11 is 0. The van der Waals surface area contributed by atoms with Gasteiger partial charge in [-0.05, 0) is 27.7 Å². The van der Waals surface area contributed by atoms with Gasteiger partial charge in [-0.2, -0.15) is 0 Å². The molecule has 3 N–H and O–H groups in total. The van der Waals surface area contributed by atoms with Crippen LogP contribution in [-0.4, -0.2) is 110 Å². The van der Waals surface area contributed by atoms with Crippen molar-refractivity contribution in [2.75, 3.05) is 70.1 Å². The maximum Gasteiger partial charge on any atom is 0.302 e. The Morgan fingerprint density at radius 1 is 0.667 bits per heavy atom. The molecule has 0 radical (unpaired) electrons. The van der Waals surface area contributed by atoms with E-state index in [2.05, 4.69) is 23.7 Å². The molecule has 0 aliphatic rings. The summed E-state index contributed by atoms with van der Waals surface area (Å²) in [6.07, 6.45) is 0. The standard InChI is InChI=1S/C3H6O2.2C3H8O.C3H6O.2C2H4O2.C2H6O.2C2H6.2CH4O.3CH4.2H2/c1-3(4)5-2;2*1-3-4-2;1-3(2)4;1-4-2-3;1-2(3)4;1-3-2;4*1-2;;;;;/h1-2H3;2*3H2,1-2H3;1-2H3;2H,1H3;1H3,(H,3,4);1-2H3;2*1-2H3;2*2H,1H3;3*1H4;2*1H. The highest BCUT2D eigenvalue weighted by Crippen LogP contribution is 1.60. The monoisotopic (exact) mass is 595 g/mol. The smallest absolute Gasteiger partial charge is 0.302 e. The van der Waals surface area contributed by atoms with Gasteiger partial charge in [0.2, 0.25) is 0 Å². The number of aliphatic hydroxyl groups is 2. The van der Waals surface area contributed by atoms with Gasteiger partial charge in [0.15, 0.2) is 0 Å². The molecular weight excluding hydrogens is 516 g/mol. The first-order valence-corrected chi connectivity index (χ1v) is 10.8. The Balaban J connectivity index is -0.0000000120. The van der Waals surface area contributed by atoms with E-state index in [-0.39, 0.29) is 36.9 Å². The largest absolute Gasteiger partial charge is 0.481 e. The van der Waals surface area contributed by atoms with Crippen molar-refractivity contribution in [2.45, 2.75) is 91.5 Å². The van der Waals surface area contributed by atoms with Gasteiger partial charge in [0, 0.05) is 72.6 Å². The van der Waals surface area contributed by atoms with Gasteiger partial charge in [0.25, 0.3) is 12.4 Å². The van der Waals surface area contributed by atoms with Crippen molar-refractivity contribution in [2.24, 2.45) is 0 Å². The lowest BCUT2D eigenvalue weighted by Gasteiger charge is -1.80. The maximum atomic E-state index is 9.59. The molecule has 0 aromatic carbocycles. The molecule has 0 aliphatic carbocycles. The molecule has 0 aromatic rings. The molecule has 0 amide bonds.